The second-order valence-electron chi connectivity index (χ2n) is 2.93. The summed E-state index contributed by atoms with van der Waals surface area (Å²) in [5.41, 5.74) is 0. The third kappa shape index (κ3) is 7.37. The Kier molecular flexibility index (Phi) is 6.35. The minimum absolute atomic E-state index is 0.576. The molecule has 0 saturated carbocycles. The maximum Gasteiger partial charge on any atom is 0.344 e. The van der Waals surface area contributed by atoms with E-state index in [4.69, 9.17) is 19.7 Å². The van der Waals surface area contributed by atoms with E-state index < -0.39 is 18.0 Å². The molecule has 5 nitrogen and oxygen atoms in total. The van der Waals surface area contributed by atoms with Gasteiger partial charge in [0.05, 0.1) is 0 Å². The van der Waals surface area contributed by atoms with E-state index in [1.165, 1.54) is 6.92 Å². The molecule has 1 aromatic carbocycles. The van der Waals surface area contributed by atoms with Gasteiger partial charge in [-0.15, -0.1) is 0 Å². The Labute approximate surface area is 93.3 Å². The Morgan fingerprint density at radius 3 is 2.00 bits per heavy atom. The van der Waals surface area contributed by atoms with Gasteiger partial charge in [-0.2, -0.15) is 0 Å². The summed E-state index contributed by atoms with van der Waals surface area (Å²) in [4.78, 5) is 19.4. The Balaban J connectivity index is 0.000000487. The highest BCUT2D eigenvalue weighted by Gasteiger charge is 2.11. The molecule has 0 radical (unpaired) electrons. The summed E-state index contributed by atoms with van der Waals surface area (Å²) in [5.74, 6) is -1.22. The summed E-state index contributed by atoms with van der Waals surface area (Å²) in [5, 5.41) is 15.9. The third-order valence-electron chi connectivity index (χ3n) is 1.40. The van der Waals surface area contributed by atoms with Crippen molar-refractivity contribution in [3.63, 3.8) is 0 Å². The number of rotatable bonds is 3. The first-order valence-electron chi connectivity index (χ1n) is 4.57. The fourth-order valence-electron chi connectivity index (χ4n) is 0.754. The molecule has 1 atom stereocenters. The second kappa shape index (κ2) is 7.28. The molecule has 0 aliphatic carbocycles. The topological polar surface area (TPSA) is 83.8 Å². The summed E-state index contributed by atoms with van der Waals surface area (Å²) in [6.45, 7) is 2.58. The lowest BCUT2D eigenvalue weighted by molar-refractivity contribution is -0.144. The van der Waals surface area contributed by atoms with Crippen molar-refractivity contribution in [2.75, 3.05) is 0 Å². The molecule has 0 amide bonds. The highest BCUT2D eigenvalue weighted by Crippen LogP contribution is 2.10. The van der Waals surface area contributed by atoms with Crippen LogP contribution in [0.15, 0.2) is 30.3 Å². The van der Waals surface area contributed by atoms with Crippen LogP contribution in [-0.4, -0.2) is 28.3 Å². The van der Waals surface area contributed by atoms with Gasteiger partial charge in [0.25, 0.3) is 5.97 Å². The SMILES string of the molecule is CC(=O)O.CC(Oc1ccccc1)C(=O)O. The molecule has 0 spiro atoms. The first-order valence-corrected chi connectivity index (χ1v) is 4.57. The van der Waals surface area contributed by atoms with Crippen LogP contribution in [0.5, 0.6) is 5.75 Å². The zero-order valence-corrected chi connectivity index (χ0v) is 9.08. The van der Waals surface area contributed by atoms with E-state index in [9.17, 15) is 4.79 Å². The number of aliphatic carboxylic acids is 2. The average Bonchev–Trinajstić information content (AvgIpc) is 2.18. The van der Waals surface area contributed by atoms with Crippen molar-refractivity contribution in [1.82, 2.24) is 0 Å². The van der Waals surface area contributed by atoms with Crippen LogP contribution in [0.3, 0.4) is 0 Å². The summed E-state index contributed by atoms with van der Waals surface area (Å²) in [7, 11) is 0. The van der Waals surface area contributed by atoms with Gasteiger partial charge in [-0.1, -0.05) is 18.2 Å². The quantitative estimate of drug-likeness (QED) is 0.818. The van der Waals surface area contributed by atoms with Crippen molar-refractivity contribution >= 4 is 11.9 Å². The fourth-order valence-corrected chi connectivity index (χ4v) is 0.754. The molecule has 1 rings (SSSR count). The molecule has 0 bridgehead atoms. The van der Waals surface area contributed by atoms with Gasteiger partial charge in [-0.05, 0) is 19.1 Å². The molecule has 16 heavy (non-hydrogen) atoms. The van der Waals surface area contributed by atoms with Gasteiger partial charge in [0.2, 0.25) is 0 Å². The lowest BCUT2D eigenvalue weighted by atomic mass is 10.3. The van der Waals surface area contributed by atoms with E-state index in [1.54, 1.807) is 24.3 Å². The summed E-state index contributed by atoms with van der Waals surface area (Å²) < 4.78 is 5.08. The summed E-state index contributed by atoms with van der Waals surface area (Å²) in [6.07, 6.45) is -0.799. The van der Waals surface area contributed by atoms with Crippen LogP contribution < -0.4 is 4.74 Å². The van der Waals surface area contributed by atoms with Gasteiger partial charge in [0.1, 0.15) is 5.75 Å². The number of hydrogen-bond acceptors (Lipinski definition) is 3. The maximum absolute atomic E-state index is 10.4. The third-order valence-corrected chi connectivity index (χ3v) is 1.40. The van der Waals surface area contributed by atoms with Gasteiger partial charge in [0, 0.05) is 6.92 Å². The Morgan fingerprint density at radius 1 is 1.19 bits per heavy atom. The molecular formula is C11H14O5. The molecule has 0 aliphatic heterocycles. The number of benzene rings is 1. The number of carboxylic acid groups (broad SMARTS) is 2. The standard InChI is InChI=1S/C9H10O3.C2H4O2/c1-7(9(10)11)12-8-5-3-2-4-6-8;1-2(3)4/h2-7H,1H3,(H,10,11);1H3,(H,3,4). The van der Waals surface area contributed by atoms with E-state index in [0.29, 0.717) is 5.75 Å². The van der Waals surface area contributed by atoms with E-state index in [0.717, 1.165) is 6.92 Å². The van der Waals surface area contributed by atoms with Crippen LogP contribution in [0.2, 0.25) is 0 Å². The molecule has 0 heterocycles. The molecule has 2 N–H and O–H groups in total. The van der Waals surface area contributed by atoms with Crippen LogP contribution in [0.25, 0.3) is 0 Å². The molecule has 1 unspecified atom stereocenters. The molecular weight excluding hydrogens is 212 g/mol. The van der Waals surface area contributed by atoms with Crippen LogP contribution in [0, 0.1) is 0 Å². The smallest absolute Gasteiger partial charge is 0.344 e. The minimum Gasteiger partial charge on any atom is -0.481 e. The van der Waals surface area contributed by atoms with Gasteiger partial charge in [-0.3, -0.25) is 4.79 Å². The monoisotopic (exact) mass is 226 g/mol. The first kappa shape index (κ1) is 14.0. The highest BCUT2D eigenvalue weighted by atomic mass is 16.5. The minimum atomic E-state index is -0.959. The largest absolute Gasteiger partial charge is 0.481 e. The normalized spacial score (nSPS) is 10.6. The Bertz CT molecular complexity index is 329. The van der Waals surface area contributed by atoms with Crippen molar-refractivity contribution in [1.29, 1.82) is 0 Å². The highest BCUT2D eigenvalue weighted by molar-refractivity contribution is 5.72. The van der Waals surface area contributed by atoms with Crippen LogP contribution in [-0.2, 0) is 9.59 Å². The van der Waals surface area contributed by atoms with Crippen molar-refractivity contribution in [3.05, 3.63) is 30.3 Å². The Hall–Kier alpha value is -2.04. The molecule has 0 aromatic heterocycles. The number of ether oxygens (including phenoxy) is 1. The van der Waals surface area contributed by atoms with Gasteiger partial charge in [-0.25, -0.2) is 4.79 Å². The number of hydrogen-bond donors (Lipinski definition) is 2. The number of para-hydroxylation sites is 1. The molecule has 0 fully saturated rings. The van der Waals surface area contributed by atoms with Crippen molar-refractivity contribution in [3.8, 4) is 5.75 Å². The Morgan fingerprint density at radius 2 is 1.62 bits per heavy atom. The first-order chi connectivity index (χ1) is 7.43. The lowest BCUT2D eigenvalue weighted by Gasteiger charge is -2.09. The number of carboxylic acids is 2. The molecule has 1 aromatic rings. The van der Waals surface area contributed by atoms with Gasteiger partial charge in [0.15, 0.2) is 6.10 Å². The van der Waals surface area contributed by atoms with Crippen LogP contribution in [0.1, 0.15) is 13.8 Å². The zero-order valence-electron chi connectivity index (χ0n) is 9.08. The maximum atomic E-state index is 10.4. The van der Waals surface area contributed by atoms with E-state index >= 15 is 0 Å². The van der Waals surface area contributed by atoms with Crippen molar-refractivity contribution < 1.29 is 24.5 Å². The molecule has 5 heteroatoms. The van der Waals surface area contributed by atoms with Crippen molar-refractivity contribution in [2.45, 2.75) is 20.0 Å². The summed E-state index contributed by atoms with van der Waals surface area (Å²) >= 11 is 0. The lowest BCUT2D eigenvalue weighted by Crippen LogP contribution is -2.22. The van der Waals surface area contributed by atoms with E-state index in [-0.39, 0.29) is 0 Å². The summed E-state index contributed by atoms with van der Waals surface area (Å²) in [6, 6.07) is 8.88. The predicted molar refractivity (Wildman–Crippen MR) is 57.5 cm³/mol. The van der Waals surface area contributed by atoms with E-state index in [1.807, 2.05) is 6.07 Å². The zero-order chi connectivity index (χ0) is 12.6. The molecule has 0 aliphatic rings. The van der Waals surface area contributed by atoms with Crippen molar-refractivity contribution in [2.24, 2.45) is 0 Å². The predicted octanol–water partition coefficient (Wildman–Crippen LogP) is 1.63. The van der Waals surface area contributed by atoms with Crippen LogP contribution >= 0.6 is 0 Å². The number of carbonyl (C=O) groups is 2. The van der Waals surface area contributed by atoms with Gasteiger partial charge >= 0.3 is 5.97 Å². The fraction of sp³-hybridized carbons (Fsp3) is 0.273. The van der Waals surface area contributed by atoms with Gasteiger partial charge < -0.3 is 14.9 Å². The molecule has 0 saturated heterocycles. The average molecular weight is 226 g/mol. The second-order valence-corrected chi connectivity index (χ2v) is 2.93. The molecule has 88 valence electrons. The van der Waals surface area contributed by atoms with E-state index in [2.05, 4.69) is 0 Å². The van der Waals surface area contributed by atoms with Crippen LogP contribution in [0.4, 0.5) is 0 Å².